The fourth-order valence-corrected chi connectivity index (χ4v) is 5.54. The smallest absolute Gasteiger partial charge is 0.408 e. The molecule has 3 heterocycles. The van der Waals surface area contributed by atoms with E-state index in [1.165, 1.54) is 9.91 Å². The molecule has 1 atom stereocenters. The van der Waals surface area contributed by atoms with Gasteiger partial charge in [0.15, 0.2) is 0 Å². The van der Waals surface area contributed by atoms with E-state index in [1.54, 1.807) is 26.0 Å². The van der Waals surface area contributed by atoms with E-state index in [0.717, 1.165) is 44.0 Å². The molecule has 5 N–H and O–H groups in total. The SMILES string of the molecule is CN1CCN(c2ccc(C(=O)NC3NN(c4cc(F)c(C(N)=O)c(F)c4)C4=C3CN(C(=O)O)C4(C)C)cc2)CC1. The number of anilines is 2. The molecule has 212 valence electrons. The minimum Gasteiger partial charge on any atom is -0.465 e. The van der Waals surface area contributed by atoms with E-state index in [-0.39, 0.29) is 12.2 Å². The molecule has 13 heteroatoms. The summed E-state index contributed by atoms with van der Waals surface area (Å²) < 4.78 is 29.4. The van der Waals surface area contributed by atoms with Gasteiger partial charge in [-0.1, -0.05) is 0 Å². The topological polar surface area (TPSA) is 134 Å². The summed E-state index contributed by atoms with van der Waals surface area (Å²) in [5, 5.41) is 14.1. The number of piperazine rings is 1. The Morgan fingerprint density at radius 3 is 2.17 bits per heavy atom. The van der Waals surface area contributed by atoms with E-state index in [1.807, 2.05) is 12.1 Å². The number of carboxylic acid groups (broad SMARTS) is 1. The van der Waals surface area contributed by atoms with Crippen LogP contribution in [-0.4, -0.2) is 84.3 Å². The average molecular weight is 556 g/mol. The molecular formula is C27H31F2N7O4. The Morgan fingerprint density at radius 2 is 1.62 bits per heavy atom. The van der Waals surface area contributed by atoms with Gasteiger partial charge in [-0.05, 0) is 45.2 Å². The van der Waals surface area contributed by atoms with Crippen molar-refractivity contribution >= 4 is 29.3 Å². The van der Waals surface area contributed by atoms with Crippen LogP contribution in [0.2, 0.25) is 0 Å². The van der Waals surface area contributed by atoms with Gasteiger partial charge in [-0.15, -0.1) is 0 Å². The summed E-state index contributed by atoms with van der Waals surface area (Å²) in [6.45, 7) is 6.95. The Labute approximate surface area is 229 Å². The fourth-order valence-electron chi connectivity index (χ4n) is 5.54. The van der Waals surface area contributed by atoms with E-state index in [9.17, 15) is 28.3 Å². The number of hydrogen-bond donors (Lipinski definition) is 4. The molecule has 1 saturated heterocycles. The Bertz CT molecular complexity index is 1380. The molecule has 3 amide bonds. The van der Waals surface area contributed by atoms with Gasteiger partial charge in [-0.2, -0.15) is 0 Å². The summed E-state index contributed by atoms with van der Waals surface area (Å²) in [5.74, 6) is -3.99. The molecule has 3 aliphatic rings. The normalized spacial score (nSPS) is 20.6. The molecule has 1 fully saturated rings. The van der Waals surface area contributed by atoms with Crippen LogP contribution in [0.15, 0.2) is 47.7 Å². The number of halogens is 2. The van der Waals surface area contributed by atoms with Crippen molar-refractivity contribution in [2.45, 2.75) is 25.6 Å². The van der Waals surface area contributed by atoms with Crippen LogP contribution in [0.5, 0.6) is 0 Å². The van der Waals surface area contributed by atoms with Crippen LogP contribution in [0.3, 0.4) is 0 Å². The number of likely N-dealkylation sites (N-methyl/N-ethyl adjacent to an activating group) is 1. The average Bonchev–Trinajstić information content (AvgIpc) is 3.39. The first-order chi connectivity index (χ1) is 18.9. The zero-order valence-corrected chi connectivity index (χ0v) is 22.4. The van der Waals surface area contributed by atoms with Gasteiger partial charge in [-0.25, -0.2) is 19.0 Å². The molecule has 0 aliphatic carbocycles. The van der Waals surface area contributed by atoms with E-state index in [4.69, 9.17) is 5.73 Å². The highest BCUT2D eigenvalue weighted by Gasteiger charge is 2.51. The van der Waals surface area contributed by atoms with Gasteiger partial charge >= 0.3 is 6.09 Å². The molecule has 0 aromatic heterocycles. The number of benzene rings is 2. The van der Waals surface area contributed by atoms with Crippen LogP contribution >= 0.6 is 0 Å². The standard InChI is InChI=1S/C27H31F2N7O4/c1-27(2)22-18(14-35(27)26(39)40)24(32-36(22)17-12-19(28)21(23(30)37)20(29)13-17)31-25(38)15-4-6-16(7-5-15)34-10-8-33(3)9-11-34/h4-7,12-13,24,32H,8-11,14H2,1-3H3,(H2,30,37)(H,31,38)(H,39,40). The number of nitrogens with zero attached hydrogens (tertiary/aromatic N) is 4. The second kappa shape index (κ2) is 10.1. The number of hydrazine groups is 1. The van der Waals surface area contributed by atoms with E-state index >= 15 is 0 Å². The van der Waals surface area contributed by atoms with Crippen molar-refractivity contribution in [1.29, 1.82) is 0 Å². The first-order valence-electron chi connectivity index (χ1n) is 12.8. The van der Waals surface area contributed by atoms with Crippen molar-refractivity contribution in [2.24, 2.45) is 5.73 Å². The maximum absolute atomic E-state index is 14.7. The monoisotopic (exact) mass is 555 g/mol. The lowest BCUT2D eigenvalue weighted by Crippen LogP contribution is -2.55. The Balaban J connectivity index is 1.42. The van der Waals surface area contributed by atoms with Gasteiger partial charge in [0, 0.05) is 55.1 Å². The number of nitrogens with two attached hydrogens (primary N) is 1. The fraction of sp³-hybridized carbons (Fsp3) is 0.370. The second-order valence-electron chi connectivity index (χ2n) is 10.7. The Kier molecular flexibility index (Phi) is 6.88. The first-order valence-corrected chi connectivity index (χ1v) is 12.8. The van der Waals surface area contributed by atoms with Gasteiger partial charge < -0.3 is 26.0 Å². The lowest BCUT2D eigenvalue weighted by molar-refractivity contribution is 0.0933. The summed E-state index contributed by atoms with van der Waals surface area (Å²) in [5.41, 5.74) is 8.47. The number of carbonyl (C=O) groups excluding carboxylic acids is 2. The summed E-state index contributed by atoms with van der Waals surface area (Å²) in [7, 11) is 2.08. The molecule has 11 nitrogen and oxygen atoms in total. The van der Waals surface area contributed by atoms with Crippen LogP contribution in [-0.2, 0) is 0 Å². The number of nitrogens with one attached hydrogen (secondary N) is 2. The number of amides is 3. The van der Waals surface area contributed by atoms with Crippen LogP contribution < -0.4 is 26.4 Å². The maximum atomic E-state index is 14.7. The van der Waals surface area contributed by atoms with Crippen molar-refractivity contribution in [3.8, 4) is 0 Å². The highest BCUT2D eigenvalue weighted by Crippen LogP contribution is 2.42. The zero-order chi connectivity index (χ0) is 28.9. The lowest BCUT2D eigenvalue weighted by atomic mass is 9.99. The predicted octanol–water partition coefficient (Wildman–Crippen LogP) is 1.92. The molecule has 1 unspecified atom stereocenters. The molecule has 2 aromatic carbocycles. The predicted molar refractivity (Wildman–Crippen MR) is 144 cm³/mol. The van der Waals surface area contributed by atoms with Gasteiger partial charge in [0.05, 0.1) is 23.5 Å². The largest absolute Gasteiger partial charge is 0.465 e. The zero-order valence-electron chi connectivity index (χ0n) is 22.4. The summed E-state index contributed by atoms with van der Waals surface area (Å²) in [6, 6.07) is 9.08. The Hall–Kier alpha value is -4.23. The van der Waals surface area contributed by atoms with Gasteiger partial charge in [0.25, 0.3) is 11.8 Å². The summed E-state index contributed by atoms with van der Waals surface area (Å²) in [4.78, 5) is 42.5. The van der Waals surface area contributed by atoms with Gasteiger partial charge in [0.2, 0.25) is 0 Å². The quantitative estimate of drug-likeness (QED) is 0.440. The van der Waals surface area contributed by atoms with Gasteiger partial charge in [0.1, 0.15) is 23.4 Å². The van der Waals surface area contributed by atoms with Crippen molar-refractivity contribution < 1.29 is 28.3 Å². The van der Waals surface area contributed by atoms with E-state index in [0.29, 0.717) is 16.8 Å². The minimum absolute atomic E-state index is 0.0268. The van der Waals surface area contributed by atoms with Crippen LogP contribution in [0, 0.1) is 11.6 Å². The summed E-state index contributed by atoms with van der Waals surface area (Å²) in [6.07, 6.45) is -2.06. The van der Waals surface area contributed by atoms with Crippen LogP contribution in [0.25, 0.3) is 0 Å². The van der Waals surface area contributed by atoms with Gasteiger partial charge in [-0.3, -0.25) is 19.5 Å². The minimum atomic E-state index is -1.25. The number of hydrogen-bond acceptors (Lipinski definition) is 7. The lowest BCUT2D eigenvalue weighted by Gasteiger charge is -2.38. The number of rotatable bonds is 5. The van der Waals surface area contributed by atoms with Crippen molar-refractivity contribution in [1.82, 2.24) is 20.5 Å². The van der Waals surface area contributed by atoms with Crippen molar-refractivity contribution in [3.05, 3.63) is 70.4 Å². The molecule has 2 aromatic rings. The van der Waals surface area contributed by atoms with Crippen LogP contribution in [0.4, 0.5) is 25.0 Å². The van der Waals surface area contributed by atoms with E-state index in [2.05, 4.69) is 27.6 Å². The summed E-state index contributed by atoms with van der Waals surface area (Å²) >= 11 is 0. The number of primary amides is 1. The number of carbonyl (C=O) groups is 3. The highest BCUT2D eigenvalue weighted by atomic mass is 19.1. The molecule has 5 rings (SSSR count). The highest BCUT2D eigenvalue weighted by molar-refractivity contribution is 5.95. The third-order valence-corrected chi connectivity index (χ3v) is 7.75. The Morgan fingerprint density at radius 1 is 1.02 bits per heavy atom. The molecular weight excluding hydrogens is 524 g/mol. The third kappa shape index (κ3) is 4.71. The van der Waals surface area contributed by atoms with Crippen LogP contribution in [0.1, 0.15) is 34.6 Å². The molecule has 0 spiro atoms. The van der Waals surface area contributed by atoms with Crippen molar-refractivity contribution in [2.75, 3.05) is 49.7 Å². The first kappa shape index (κ1) is 27.3. The molecule has 40 heavy (non-hydrogen) atoms. The third-order valence-electron chi connectivity index (χ3n) is 7.75. The molecule has 3 aliphatic heterocycles. The molecule has 0 saturated carbocycles. The molecule has 0 bridgehead atoms. The van der Waals surface area contributed by atoms with Crippen molar-refractivity contribution in [3.63, 3.8) is 0 Å². The molecule has 0 radical (unpaired) electrons. The maximum Gasteiger partial charge on any atom is 0.408 e. The van der Waals surface area contributed by atoms with E-state index < -0.39 is 46.8 Å². The second-order valence-corrected chi connectivity index (χ2v) is 10.7.